The Labute approximate surface area is 165 Å². The molecule has 1 aromatic carbocycles. The fourth-order valence-electron chi connectivity index (χ4n) is 2.46. The number of esters is 1. The third-order valence-corrected chi connectivity index (χ3v) is 4.14. The quantitative estimate of drug-likeness (QED) is 0.553. The molecule has 0 spiro atoms. The number of carbonyl (C=O) groups is 1. The van der Waals surface area contributed by atoms with Gasteiger partial charge in [-0.2, -0.15) is 5.10 Å². The van der Waals surface area contributed by atoms with Crippen LogP contribution >= 0.6 is 15.9 Å². The zero-order valence-corrected chi connectivity index (χ0v) is 16.8. The first kappa shape index (κ1) is 19.2. The molecule has 5 nitrogen and oxygen atoms in total. The van der Waals surface area contributed by atoms with Crippen LogP contribution in [0, 0.1) is 5.82 Å². The van der Waals surface area contributed by atoms with Gasteiger partial charge in [-0.15, -0.1) is 0 Å². The summed E-state index contributed by atoms with van der Waals surface area (Å²) in [4.78, 5) is 16.4. The number of hydrogen-bond donors (Lipinski definition) is 0. The Bertz CT molecular complexity index is 962. The van der Waals surface area contributed by atoms with E-state index < -0.39 is 17.4 Å². The number of rotatable bonds is 4. The van der Waals surface area contributed by atoms with E-state index in [2.05, 4.69) is 26.0 Å². The summed E-state index contributed by atoms with van der Waals surface area (Å²) in [6.07, 6.45) is 5.19. The number of hydrogen-bond acceptors (Lipinski definition) is 4. The summed E-state index contributed by atoms with van der Waals surface area (Å²) in [5, 5.41) is 4.30. The molecule has 0 unspecified atom stereocenters. The van der Waals surface area contributed by atoms with Crippen molar-refractivity contribution < 1.29 is 13.9 Å². The Balaban J connectivity index is 1.77. The number of carbonyl (C=O) groups excluding carboxylic acids is 1. The number of pyridine rings is 1. The molecule has 0 aliphatic heterocycles. The summed E-state index contributed by atoms with van der Waals surface area (Å²) in [7, 11) is 0. The third-order valence-electron chi connectivity index (χ3n) is 3.67. The lowest BCUT2D eigenvalue weighted by Crippen LogP contribution is -2.24. The van der Waals surface area contributed by atoms with E-state index in [1.54, 1.807) is 43.9 Å². The summed E-state index contributed by atoms with van der Waals surface area (Å²) >= 11 is 3.35. The standard InChI is InChI=1S/C20H19BrFN3O2/c1-20(2,3)27-19(26)17-7-4-13(8-18(17)22)14-9-24-25(11-14)12-16-6-5-15(21)10-23-16/h4-11H,12H2,1-3H3. The highest BCUT2D eigenvalue weighted by Gasteiger charge is 2.21. The Morgan fingerprint density at radius 3 is 2.59 bits per heavy atom. The van der Waals surface area contributed by atoms with Gasteiger partial charge in [-0.3, -0.25) is 9.67 Å². The maximum atomic E-state index is 14.4. The van der Waals surface area contributed by atoms with E-state index >= 15 is 0 Å². The molecule has 0 saturated heterocycles. The maximum absolute atomic E-state index is 14.4. The molecule has 7 heteroatoms. The van der Waals surface area contributed by atoms with Gasteiger partial charge < -0.3 is 4.74 Å². The topological polar surface area (TPSA) is 57.0 Å². The minimum Gasteiger partial charge on any atom is -0.456 e. The van der Waals surface area contributed by atoms with Crippen LogP contribution in [0.5, 0.6) is 0 Å². The lowest BCUT2D eigenvalue weighted by Gasteiger charge is -2.19. The van der Waals surface area contributed by atoms with Crippen molar-refractivity contribution in [2.24, 2.45) is 0 Å². The summed E-state index contributed by atoms with van der Waals surface area (Å²) in [5.41, 5.74) is 1.49. The van der Waals surface area contributed by atoms with E-state index in [1.165, 1.54) is 12.1 Å². The minimum atomic E-state index is -0.677. The van der Waals surface area contributed by atoms with E-state index in [1.807, 2.05) is 18.3 Å². The normalized spacial score (nSPS) is 11.4. The van der Waals surface area contributed by atoms with E-state index in [4.69, 9.17) is 4.74 Å². The molecule has 140 valence electrons. The lowest BCUT2D eigenvalue weighted by atomic mass is 10.1. The van der Waals surface area contributed by atoms with E-state index in [9.17, 15) is 9.18 Å². The zero-order chi connectivity index (χ0) is 19.6. The largest absolute Gasteiger partial charge is 0.456 e. The zero-order valence-electron chi connectivity index (χ0n) is 15.2. The Morgan fingerprint density at radius 2 is 1.96 bits per heavy atom. The van der Waals surface area contributed by atoms with Gasteiger partial charge in [0.2, 0.25) is 0 Å². The van der Waals surface area contributed by atoms with Gasteiger partial charge in [0.25, 0.3) is 0 Å². The van der Waals surface area contributed by atoms with Crippen molar-refractivity contribution in [3.05, 3.63) is 70.5 Å². The summed E-state index contributed by atoms with van der Waals surface area (Å²) in [6.45, 7) is 5.73. The highest BCUT2D eigenvalue weighted by atomic mass is 79.9. The molecule has 2 aromatic heterocycles. The highest BCUT2D eigenvalue weighted by Crippen LogP contribution is 2.23. The SMILES string of the molecule is CC(C)(C)OC(=O)c1ccc(-c2cnn(Cc3ccc(Br)cn3)c2)cc1F. The van der Waals surface area contributed by atoms with Crippen LogP contribution in [0.15, 0.2) is 53.4 Å². The summed E-state index contributed by atoms with van der Waals surface area (Å²) in [5.74, 6) is -1.30. The molecule has 0 saturated carbocycles. The van der Waals surface area contributed by atoms with Crippen LogP contribution in [0.4, 0.5) is 4.39 Å². The first-order valence-electron chi connectivity index (χ1n) is 8.37. The summed E-state index contributed by atoms with van der Waals surface area (Å²) < 4.78 is 22.3. The second kappa shape index (κ2) is 7.60. The van der Waals surface area contributed by atoms with Crippen LogP contribution in [0.1, 0.15) is 36.8 Å². The van der Waals surface area contributed by atoms with Crippen LogP contribution in [0.3, 0.4) is 0 Å². The van der Waals surface area contributed by atoms with Gasteiger partial charge in [-0.1, -0.05) is 6.07 Å². The van der Waals surface area contributed by atoms with Crippen LogP contribution in [0.25, 0.3) is 11.1 Å². The Hall–Kier alpha value is -2.54. The van der Waals surface area contributed by atoms with Crippen LogP contribution in [-0.4, -0.2) is 26.3 Å². The number of ether oxygens (including phenoxy) is 1. The average molecular weight is 432 g/mol. The first-order valence-corrected chi connectivity index (χ1v) is 9.17. The van der Waals surface area contributed by atoms with Gasteiger partial charge in [0, 0.05) is 22.4 Å². The van der Waals surface area contributed by atoms with Gasteiger partial charge in [0.05, 0.1) is 24.0 Å². The molecule has 2 heterocycles. The maximum Gasteiger partial charge on any atom is 0.341 e. The predicted molar refractivity (Wildman–Crippen MR) is 104 cm³/mol. The minimum absolute atomic E-state index is 0.0832. The number of benzene rings is 1. The molecule has 0 aliphatic rings. The van der Waals surface area contributed by atoms with Crippen molar-refractivity contribution in [2.45, 2.75) is 32.9 Å². The van der Waals surface area contributed by atoms with Crippen molar-refractivity contribution >= 4 is 21.9 Å². The lowest BCUT2D eigenvalue weighted by molar-refractivity contribution is 0.00648. The Kier molecular flexibility index (Phi) is 5.41. The molecular weight excluding hydrogens is 413 g/mol. The molecule has 3 rings (SSSR count). The fourth-order valence-corrected chi connectivity index (χ4v) is 2.69. The Morgan fingerprint density at radius 1 is 1.19 bits per heavy atom. The first-order chi connectivity index (χ1) is 12.7. The predicted octanol–water partition coefficient (Wildman–Crippen LogP) is 4.85. The molecular formula is C20H19BrFN3O2. The van der Waals surface area contributed by atoms with Gasteiger partial charge in [0.15, 0.2) is 0 Å². The van der Waals surface area contributed by atoms with Gasteiger partial charge in [-0.25, -0.2) is 9.18 Å². The smallest absolute Gasteiger partial charge is 0.341 e. The van der Waals surface area contributed by atoms with Crippen LogP contribution in [-0.2, 0) is 11.3 Å². The molecule has 0 bridgehead atoms. The number of aromatic nitrogens is 3. The second-order valence-electron chi connectivity index (χ2n) is 7.09. The van der Waals surface area contributed by atoms with Crippen molar-refractivity contribution in [2.75, 3.05) is 0 Å². The fraction of sp³-hybridized carbons (Fsp3) is 0.250. The van der Waals surface area contributed by atoms with Crippen molar-refractivity contribution in [1.82, 2.24) is 14.8 Å². The molecule has 0 aliphatic carbocycles. The highest BCUT2D eigenvalue weighted by molar-refractivity contribution is 9.10. The molecule has 0 fully saturated rings. The van der Waals surface area contributed by atoms with Crippen LogP contribution in [0.2, 0.25) is 0 Å². The third kappa shape index (κ3) is 5.01. The van der Waals surface area contributed by atoms with Gasteiger partial charge in [-0.05, 0) is 66.5 Å². The number of halogens is 2. The number of nitrogens with zero attached hydrogens (tertiary/aromatic N) is 3. The monoisotopic (exact) mass is 431 g/mol. The molecule has 27 heavy (non-hydrogen) atoms. The van der Waals surface area contributed by atoms with Crippen molar-refractivity contribution in [3.8, 4) is 11.1 Å². The molecule has 0 atom stereocenters. The molecule has 0 radical (unpaired) electrons. The van der Waals surface area contributed by atoms with Gasteiger partial charge >= 0.3 is 5.97 Å². The van der Waals surface area contributed by atoms with Gasteiger partial charge in [0.1, 0.15) is 11.4 Å². The summed E-state index contributed by atoms with van der Waals surface area (Å²) in [6, 6.07) is 8.25. The van der Waals surface area contributed by atoms with Crippen molar-refractivity contribution in [3.63, 3.8) is 0 Å². The van der Waals surface area contributed by atoms with E-state index in [0.29, 0.717) is 12.1 Å². The molecule has 3 aromatic rings. The van der Waals surface area contributed by atoms with E-state index in [0.717, 1.165) is 15.7 Å². The molecule has 0 N–H and O–H groups in total. The average Bonchev–Trinajstić information content (AvgIpc) is 3.03. The second-order valence-corrected chi connectivity index (χ2v) is 8.01. The van der Waals surface area contributed by atoms with Crippen molar-refractivity contribution in [1.29, 1.82) is 0 Å². The van der Waals surface area contributed by atoms with Crippen LogP contribution < -0.4 is 0 Å². The molecule has 0 amide bonds. The van der Waals surface area contributed by atoms with E-state index in [-0.39, 0.29) is 5.56 Å².